The van der Waals surface area contributed by atoms with E-state index >= 15 is 0 Å². The van der Waals surface area contributed by atoms with E-state index in [1.165, 1.54) is 11.6 Å². The second-order valence-electron chi connectivity index (χ2n) is 3.57. The van der Waals surface area contributed by atoms with Crippen molar-refractivity contribution in [2.75, 3.05) is 11.9 Å². The van der Waals surface area contributed by atoms with Gasteiger partial charge in [0.15, 0.2) is 0 Å². The predicted octanol–water partition coefficient (Wildman–Crippen LogP) is 2.87. The zero-order valence-electron chi connectivity index (χ0n) is 9.91. The Morgan fingerprint density at radius 2 is 2.00 bits per heavy atom. The number of nitrogens with one attached hydrogen (secondary N) is 1. The number of ether oxygens (including phenoxy) is 1. The SMILES string of the molecule is CCOC(=O)/C=C(\C)Nc1ccc(C)cc1. The Bertz CT molecular complexity index is 379. The summed E-state index contributed by atoms with van der Waals surface area (Å²) in [5.74, 6) is -0.320. The molecule has 3 nitrogen and oxygen atoms in total. The molecule has 0 aromatic heterocycles. The van der Waals surface area contributed by atoms with E-state index in [4.69, 9.17) is 4.74 Å². The molecule has 3 heteroatoms. The molecule has 0 amide bonds. The summed E-state index contributed by atoms with van der Waals surface area (Å²) in [5.41, 5.74) is 2.93. The molecule has 0 saturated heterocycles. The number of allylic oxidation sites excluding steroid dienone is 1. The summed E-state index contributed by atoms with van der Waals surface area (Å²) in [5, 5.41) is 3.12. The number of anilines is 1. The molecular formula is C13H17NO2. The van der Waals surface area contributed by atoms with Crippen LogP contribution < -0.4 is 5.32 Å². The minimum absolute atomic E-state index is 0.320. The van der Waals surface area contributed by atoms with E-state index in [0.29, 0.717) is 6.61 Å². The Morgan fingerprint density at radius 1 is 1.38 bits per heavy atom. The molecule has 1 rings (SSSR count). The molecule has 0 radical (unpaired) electrons. The third-order valence-corrected chi connectivity index (χ3v) is 2.01. The lowest BCUT2D eigenvalue weighted by Gasteiger charge is -2.06. The highest BCUT2D eigenvalue weighted by atomic mass is 16.5. The average Bonchev–Trinajstić information content (AvgIpc) is 2.21. The third kappa shape index (κ3) is 4.17. The fraction of sp³-hybridized carbons (Fsp3) is 0.308. The van der Waals surface area contributed by atoms with Crippen molar-refractivity contribution in [3.63, 3.8) is 0 Å². The first kappa shape index (κ1) is 12.3. The van der Waals surface area contributed by atoms with Crippen LogP contribution in [0.1, 0.15) is 19.4 Å². The van der Waals surface area contributed by atoms with Crippen LogP contribution >= 0.6 is 0 Å². The molecule has 0 heterocycles. The van der Waals surface area contributed by atoms with Gasteiger partial charge < -0.3 is 10.1 Å². The normalized spacial score (nSPS) is 11.1. The van der Waals surface area contributed by atoms with Crippen molar-refractivity contribution in [3.05, 3.63) is 41.6 Å². The molecule has 16 heavy (non-hydrogen) atoms. The van der Waals surface area contributed by atoms with Gasteiger partial charge in [-0.15, -0.1) is 0 Å². The largest absolute Gasteiger partial charge is 0.463 e. The van der Waals surface area contributed by atoms with Crippen LogP contribution in [0.3, 0.4) is 0 Å². The molecule has 0 bridgehead atoms. The van der Waals surface area contributed by atoms with Crippen molar-refractivity contribution in [2.45, 2.75) is 20.8 Å². The van der Waals surface area contributed by atoms with Gasteiger partial charge in [-0.2, -0.15) is 0 Å². The molecule has 1 aromatic rings. The zero-order valence-corrected chi connectivity index (χ0v) is 9.91. The van der Waals surface area contributed by atoms with Crippen LogP contribution in [0.25, 0.3) is 0 Å². The maximum absolute atomic E-state index is 11.2. The Balaban J connectivity index is 2.60. The molecule has 1 N–H and O–H groups in total. The lowest BCUT2D eigenvalue weighted by molar-refractivity contribution is -0.137. The van der Waals surface area contributed by atoms with Crippen molar-refractivity contribution in [1.29, 1.82) is 0 Å². The van der Waals surface area contributed by atoms with Gasteiger partial charge in [0.1, 0.15) is 0 Å². The average molecular weight is 219 g/mol. The van der Waals surface area contributed by atoms with Gasteiger partial charge in [-0.25, -0.2) is 4.79 Å². The van der Waals surface area contributed by atoms with E-state index in [1.54, 1.807) is 6.92 Å². The molecule has 86 valence electrons. The van der Waals surface area contributed by atoms with Crippen LogP contribution in [-0.2, 0) is 9.53 Å². The number of esters is 1. The zero-order chi connectivity index (χ0) is 12.0. The van der Waals surface area contributed by atoms with Crippen LogP contribution in [0.5, 0.6) is 0 Å². The van der Waals surface area contributed by atoms with E-state index in [0.717, 1.165) is 11.4 Å². The van der Waals surface area contributed by atoms with Gasteiger partial charge in [0, 0.05) is 17.5 Å². The van der Waals surface area contributed by atoms with Crippen molar-refractivity contribution >= 4 is 11.7 Å². The van der Waals surface area contributed by atoms with Gasteiger partial charge in [0.2, 0.25) is 0 Å². The molecule has 0 unspecified atom stereocenters. The quantitative estimate of drug-likeness (QED) is 0.625. The highest BCUT2D eigenvalue weighted by molar-refractivity contribution is 5.83. The van der Waals surface area contributed by atoms with Crippen molar-refractivity contribution in [1.82, 2.24) is 0 Å². The number of carbonyl (C=O) groups is 1. The molecule has 0 aliphatic heterocycles. The maximum Gasteiger partial charge on any atom is 0.332 e. The smallest absolute Gasteiger partial charge is 0.332 e. The van der Waals surface area contributed by atoms with Crippen LogP contribution in [-0.4, -0.2) is 12.6 Å². The van der Waals surface area contributed by atoms with E-state index in [1.807, 2.05) is 38.1 Å². The lowest BCUT2D eigenvalue weighted by atomic mass is 10.2. The monoisotopic (exact) mass is 219 g/mol. The summed E-state index contributed by atoms with van der Waals surface area (Å²) in [6.07, 6.45) is 1.45. The molecule has 1 aromatic carbocycles. The molecule has 0 atom stereocenters. The Morgan fingerprint density at radius 3 is 2.56 bits per heavy atom. The standard InChI is InChI=1S/C13H17NO2/c1-4-16-13(15)9-11(3)14-12-7-5-10(2)6-8-12/h5-9,14H,4H2,1-3H3/b11-9+. The molecule has 0 fully saturated rings. The van der Waals surface area contributed by atoms with Gasteiger partial charge >= 0.3 is 5.97 Å². The maximum atomic E-state index is 11.2. The minimum atomic E-state index is -0.320. The molecule has 0 saturated carbocycles. The van der Waals surface area contributed by atoms with Gasteiger partial charge in [0.05, 0.1) is 6.61 Å². The number of hydrogen-bond acceptors (Lipinski definition) is 3. The minimum Gasteiger partial charge on any atom is -0.463 e. The first-order valence-electron chi connectivity index (χ1n) is 5.30. The fourth-order valence-corrected chi connectivity index (χ4v) is 1.26. The summed E-state index contributed by atoms with van der Waals surface area (Å²) in [6, 6.07) is 7.97. The summed E-state index contributed by atoms with van der Waals surface area (Å²) in [4.78, 5) is 11.2. The first-order valence-corrected chi connectivity index (χ1v) is 5.30. The van der Waals surface area contributed by atoms with Crippen LogP contribution in [0.15, 0.2) is 36.0 Å². The highest BCUT2D eigenvalue weighted by Gasteiger charge is 1.98. The Hall–Kier alpha value is -1.77. The third-order valence-electron chi connectivity index (χ3n) is 2.01. The number of benzene rings is 1. The summed E-state index contributed by atoms with van der Waals surface area (Å²) < 4.78 is 4.81. The van der Waals surface area contributed by atoms with E-state index in [-0.39, 0.29) is 5.97 Å². The molecule has 0 aliphatic rings. The predicted molar refractivity (Wildman–Crippen MR) is 65.2 cm³/mol. The van der Waals surface area contributed by atoms with Crippen molar-refractivity contribution < 1.29 is 9.53 Å². The van der Waals surface area contributed by atoms with E-state index < -0.39 is 0 Å². The van der Waals surface area contributed by atoms with Gasteiger partial charge in [-0.05, 0) is 32.9 Å². The number of carbonyl (C=O) groups excluding carboxylic acids is 1. The molecular weight excluding hydrogens is 202 g/mol. The summed E-state index contributed by atoms with van der Waals surface area (Å²) in [6.45, 7) is 6.05. The number of hydrogen-bond donors (Lipinski definition) is 1. The van der Waals surface area contributed by atoms with Gasteiger partial charge in [-0.3, -0.25) is 0 Å². The first-order chi connectivity index (χ1) is 7.61. The summed E-state index contributed by atoms with van der Waals surface area (Å²) >= 11 is 0. The summed E-state index contributed by atoms with van der Waals surface area (Å²) in [7, 11) is 0. The fourth-order valence-electron chi connectivity index (χ4n) is 1.26. The van der Waals surface area contributed by atoms with Crippen molar-refractivity contribution in [2.24, 2.45) is 0 Å². The highest BCUT2D eigenvalue weighted by Crippen LogP contribution is 2.11. The van der Waals surface area contributed by atoms with Gasteiger partial charge in [-0.1, -0.05) is 17.7 Å². The number of aryl methyl sites for hydroxylation is 1. The Kier molecular flexibility index (Phi) is 4.58. The topological polar surface area (TPSA) is 38.3 Å². The van der Waals surface area contributed by atoms with Crippen LogP contribution in [0.2, 0.25) is 0 Å². The molecule has 0 aliphatic carbocycles. The second-order valence-corrected chi connectivity index (χ2v) is 3.57. The number of rotatable bonds is 4. The second kappa shape index (κ2) is 5.95. The van der Waals surface area contributed by atoms with Crippen LogP contribution in [0, 0.1) is 6.92 Å². The van der Waals surface area contributed by atoms with Crippen LogP contribution in [0.4, 0.5) is 5.69 Å². The van der Waals surface area contributed by atoms with E-state index in [9.17, 15) is 4.79 Å². The van der Waals surface area contributed by atoms with E-state index in [2.05, 4.69) is 5.32 Å². The lowest BCUT2D eigenvalue weighted by Crippen LogP contribution is -2.04. The molecule has 0 spiro atoms. The Labute approximate surface area is 96.1 Å². The van der Waals surface area contributed by atoms with Crippen molar-refractivity contribution in [3.8, 4) is 0 Å². The van der Waals surface area contributed by atoms with Gasteiger partial charge in [0.25, 0.3) is 0 Å².